The van der Waals surface area contributed by atoms with Gasteiger partial charge in [0, 0.05) is 35.3 Å². The average Bonchev–Trinajstić information content (AvgIpc) is 3.04. The van der Waals surface area contributed by atoms with Crippen molar-refractivity contribution in [2.24, 2.45) is 0 Å². The standard InChI is InChI=1S/C36H28N3Si/c37-24-28-22-23-38-25-31(28)27-20-18-26(19-21-27)30-12-4-5-13-32(30)39-33-14-6-8-16-35(33)40(29-10-2-1-3-11-29)36-17-9-7-15-34(36)39/h1-8,10-16,18-20,22-23,25,27H,9,17,21H2. The van der Waals surface area contributed by atoms with E-state index in [2.05, 4.69) is 125 Å². The Morgan fingerprint density at radius 2 is 1.68 bits per heavy atom. The summed E-state index contributed by atoms with van der Waals surface area (Å²) in [6.45, 7) is 0. The van der Waals surface area contributed by atoms with E-state index in [1.54, 1.807) is 17.5 Å². The van der Waals surface area contributed by atoms with Crippen molar-refractivity contribution in [3.05, 3.63) is 155 Å². The smallest absolute Gasteiger partial charge is 0.155 e. The number of allylic oxidation sites excluding steroid dienone is 7. The van der Waals surface area contributed by atoms with Gasteiger partial charge in [-0.25, -0.2) is 0 Å². The first kappa shape index (κ1) is 24.3. The number of nitriles is 1. The van der Waals surface area contributed by atoms with Gasteiger partial charge in [-0.1, -0.05) is 96.2 Å². The third-order valence-corrected chi connectivity index (χ3v) is 11.1. The van der Waals surface area contributed by atoms with E-state index in [0.717, 1.165) is 24.8 Å². The summed E-state index contributed by atoms with van der Waals surface area (Å²) in [4.78, 5) is 6.79. The molecule has 1 atom stereocenters. The van der Waals surface area contributed by atoms with E-state index >= 15 is 0 Å². The van der Waals surface area contributed by atoms with Crippen LogP contribution in [0.4, 0.5) is 11.4 Å². The Morgan fingerprint density at radius 1 is 0.875 bits per heavy atom. The number of aromatic nitrogens is 1. The van der Waals surface area contributed by atoms with Crippen molar-refractivity contribution in [2.45, 2.75) is 25.2 Å². The molecular formula is C36H28N3Si. The van der Waals surface area contributed by atoms with Gasteiger partial charge in [0.15, 0.2) is 8.80 Å². The summed E-state index contributed by atoms with van der Waals surface area (Å²) in [5.41, 5.74) is 7.95. The van der Waals surface area contributed by atoms with Crippen molar-refractivity contribution in [3.63, 3.8) is 0 Å². The number of fused-ring (bicyclic) bond motifs is 1. The molecule has 3 nitrogen and oxygen atoms in total. The molecule has 3 aromatic carbocycles. The van der Waals surface area contributed by atoms with Gasteiger partial charge in [-0.2, -0.15) is 5.26 Å². The molecule has 4 heteroatoms. The minimum Gasteiger partial charge on any atom is -0.310 e. The number of hydrogen-bond donors (Lipinski definition) is 0. The predicted molar refractivity (Wildman–Crippen MR) is 165 cm³/mol. The topological polar surface area (TPSA) is 39.9 Å². The summed E-state index contributed by atoms with van der Waals surface area (Å²) in [7, 11) is -1.08. The largest absolute Gasteiger partial charge is 0.310 e. The van der Waals surface area contributed by atoms with Crippen LogP contribution in [0.5, 0.6) is 0 Å². The van der Waals surface area contributed by atoms with E-state index in [0.29, 0.717) is 5.56 Å². The minimum atomic E-state index is -1.08. The summed E-state index contributed by atoms with van der Waals surface area (Å²) < 4.78 is 0. The zero-order valence-corrected chi connectivity index (χ0v) is 23.2. The van der Waals surface area contributed by atoms with Crippen molar-refractivity contribution < 1.29 is 0 Å². The van der Waals surface area contributed by atoms with E-state index in [4.69, 9.17) is 0 Å². The molecule has 0 amide bonds. The lowest BCUT2D eigenvalue weighted by Gasteiger charge is -2.40. The first-order chi connectivity index (χ1) is 19.8. The first-order valence-corrected chi connectivity index (χ1v) is 15.4. The molecule has 4 aromatic rings. The first-order valence-electron chi connectivity index (χ1n) is 13.9. The molecule has 0 spiro atoms. The van der Waals surface area contributed by atoms with Crippen LogP contribution in [-0.4, -0.2) is 13.8 Å². The lowest BCUT2D eigenvalue weighted by molar-refractivity contribution is 0.845. The third-order valence-electron chi connectivity index (χ3n) is 8.09. The fourth-order valence-electron chi connectivity index (χ4n) is 6.25. The second-order valence-corrected chi connectivity index (χ2v) is 12.8. The average molecular weight is 531 g/mol. The van der Waals surface area contributed by atoms with Crippen LogP contribution in [0.1, 0.15) is 41.9 Å². The molecule has 2 aliphatic carbocycles. The van der Waals surface area contributed by atoms with Crippen LogP contribution in [0.15, 0.2) is 139 Å². The van der Waals surface area contributed by atoms with Crippen LogP contribution in [-0.2, 0) is 0 Å². The van der Waals surface area contributed by atoms with Crippen LogP contribution in [0.25, 0.3) is 5.57 Å². The van der Waals surface area contributed by atoms with Gasteiger partial charge in [-0.15, -0.1) is 0 Å². The van der Waals surface area contributed by atoms with Gasteiger partial charge in [-0.3, -0.25) is 4.98 Å². The van der Waals surface area contributed by atoms with E-state index in [-0.39, 0.29) is 5.92 Å². The molecule has 7 rings (SSSR count). The number of anilines is 2. The van der Waals surface area contributed by atoms with Gasteiger partial charge in [-0.05, 0) is 65.1 Å². The quantitative estimate of drug-likeness (QED) is 0.267. The van der Waals surface area contributed by atoms with Crippen molar-refractivity contribution in [1.82, 2.24) is 4.98 Å². The highest BCUT2D eigenvalue weighted by atomic mass is 28.3. The molecule has 1 aromatic heterocycles. The Labute approximate surface area is 237 Å². The zero-order valence-electron chi connectivity index (χ0n) is 22.2. The van der Waals surface area contributed by atoms with Gasteiger partial charge in [0.25, 0.3) is 0 Å². The maximum atomic E-state index is 9.60. The zero-order chi connectivity index (χ0) is 26.9. The lowest BCUT2D eigenvalue weighted by Crippen LogP contribution is -2.51. The number of hydrogen-bond acceptors (Lipinski definition) is 3. The molecule has 1 unspecified atom stereocenters. The SMILES string of the molecule is N#Cc1ccncc1C1C=CC(c2ccccc2N2C3=C(CCC=C3)[Si](c3ccccc3)c3ccccc32)=CC1. The van der Waals surface area contributed by atoms with Crippen molar-refractivity contribution in [2.75, 3.05) is 4.90 Å². The Morgan fingerprint density at radius 3 is 2.50 bits per heavy atom. The molecule has 1 aliphatic heterocycles. The number of rotatable bonds is 4. The van der Waals surface area contributed by atoms with Crippen molar-refractivity contribution in [1.29, 1.82) is 5.26 Å². The fraction of sp³-hybridized carbons (Fsp3) is 0.111. The number of nitrogens with zero attached hydrogens (tertiary/aromatic N) is 3. The second kappa shape index (κ2) is 10.4. The minimum absolute atomic E-state index is 0.154. The summed E-state index contributed by atoms with van der Waals surface area (Å²) >= 11 is 0. The summed E-state index contributed by atoms with van der Waals surface area (Å²) in [5, 5.41) is 14.1. The Hall–Kier alpha value is -4.72. The normalized spacial score (nSPS) is 18.1. The molecule has 0 saturated carbocycles. The molecule has 3 aliphatic rings. The van der Waals surface area contributed by atoms with Gasteiger partial charge in [0.2, 0.25) is 0 Å². The molecular weight excluding hydrogens is 503 g/mol. The maximum absolute atomic E-state index is 9.60. The van der Waals surface area contributed by atoms with Gasteiger partial charge in [0.1, 0.15) is 0 Å². The van der Waals surface area contributed by atoms with Crippen LogP contribution in [0.2, 0.25) is 0 Å². The molecule has 0 fully saturated rings. The Kier molecular flexibility index (Phi) is 6.35. The van der Waals surface area contributed by atoms with Gasteiger partial charge < -0.3 is 4.90 Å². The molecule has 0 N–H and O–H groups in total. The van der Waals surface area contributed by atoms with Crippen molar-refractivity contribution >= 4 is 36.1 Å². The molecule has 0 bridgehead atoms. The van der Waals surface area contributed by atoms with E-state index in [1.165, 1.54) is 38.6 Å². The molecule has 2 heterocycles. The monoisotopic (exact) mass is 530 g/mol. The summed E-state index contributed by atoms with van der Waals surface area (Å²) in [6, 6.07) is 33.0. The second-order valence-electron chi connectivity index (χ2n) is 10.4. The van der Waals surface area contributed by atoms with Crippen LogP contribution in [0.3, 0.4) is 0 Å². The fourth-order valence-corrected chi connectivity index (χ4v) is 9.32. The molecule has 191 valence electrons. The van der Waals surface area contributed by atoms with Crippen LogP contribution in [0, 0.1) is 11.3 Å². The van der Waals surface area contributed by atoms with E-state index < -0.39 is 8.80 Å². The molecule has 0 saturated heterocycles. The van der Waals surface area contributed by atoms with E-state index in [9.17, 15) is 5.26 Å². The lowest BCUT2D eigenvalue weighted by atomic mass is 9.86. The highest BCUT2D eigenvalue weighted by Crippen LogP contribution is 2.43. The summed E-state index contributed by atoms with van der Waals surface area (Å²) in [5.74, 6) is 0.154. The molecule has 40 heavy (non-hydrogen) atoms. The Bertz CT molecular complexity index is 1760. The van der Waals surface area contributed by atoms with Crippen LogP contribution < -0.4 is 15.3 Å². The van der Waals surface area contributed by atoms with E-state index in [1.807, 2.05) is 6.20 Å². The number of pyridine rings is 1. The number of para-hydroxylation sites is 2. The van der Waals surface area contributed by atoms with Gasteiger partial charge >= 0.3 is 0 Å². The van der Waals surface area contributed by atoms with Gasteiger partial charge in [0.05, 0.1) is 17.3 Å². The third kappa shape index (κ3) is 4.16. The number of benzene rings is 3. The Balaban J connectivity index is 1.33. The highest BCUT2D eigenvalue weighted by molar-refractivity contribution is 6.92. The predicted octanol–water partition coefficient (Wildman–Crippen LogP) is 6.98. The molecule has 1 radical (unpaired) electrons. The van der Waals surface area contributed by atoms with Crippen LogP contribution >= 0.6 is 0 Å². The maximum Gasteiger partial charge on any atom is 0.155 e. The summed E-state index contributed by atoms with van der Waals surface area (Å²) in [6.07, 6.45) is 18.0. The highest BCUT2D eigenvalue weighted by Gasteiger charge is 2.36. The van der Waals surface area contributed by atoms with Crippen molar-refractivity contribution in [3.8, 4) is 6.07 Å².